The summed E-state index contributed by atoms with van der Waals surface area (Å²) in [5.41, 5.74) is -6.30. The Kier molecular flexibility index (Phi) is 5.17. The van der Waals surface area contributed by atoms with E-state index in [1.807, 2.05) is 0 Å². The molecule has 1 saturated carbocycles. The highest BCUT2D eigenvalue weighted by Crippen LogP contribution is 2.49. The Morgan fingerprint density at radius 3 is 1.32 bits per heavy atom. The molecule has 1 rings (SSSR count). The first kappa shape index (κ1) is 19.5. The zero-order chi connectivity index (χ0) is 17.6. The van der Waals surface area contributed by atoms with Crippen molar-refractivity contribution in [2.45, 2.75) is 62.8 Å². The molecule has 132 valence electrons. The van der Waals surface area contributed by atoms with E-state index in [4.69, 9.17) is 4.74 Å². The molecule has 0 heterocycles. The Hall–Kier alpha value is -0.540. The van der Waals surface area contributed by atoms with Crippen LogP contribution in [0.15, 0.2) is 0 Å². The van der Waals surface area contributed by atoms with Crippen molar-refractivity contribution in [3.8, 4) is 0 Å². The monoisotopic (exact) mass is 338 g/mol. The Morgan fingerprint density at radius 1 is 0.773 bits per heavy atom. The summed E-state index contributed by atoms with van der Waals surface area (Å²) >= 11 is 0. The minimum atomic E-state index is -4.98. The van der Waals surface area contributed by atoms with E-state index in [1.54, 1.807) is 0 Å². The van der Waals surface area contributed by atoms with Gasteiger partial charge in [-0.2, -0.15) is 26.3 Å². The van der Waals surface area contributed by atoms with Crippen LogP contribution >= 0.6 is 0 Å². The molecule has 1 fully saturated rings. The molecule has 0 saturated heterocycles. The maximum atomic E-state index is 12.9. The molecule has 0 aromatic carbocycles. The zero-order valence-corrected chi connectivity index (χ0v) is 12.4. The van der Waals surface area contributed by atoms with Crippen LogP contribution in [-0.4, -0.2) is 47.0 Å². The molecule has 4 atom stereocenters. The predicted molar refractivity (Wildman–Crippen MR) is 65.0 cm³/mol. The SMILES string of the molecule is COC1CC(C(C)(O)C(F)(F)F)CC(C(C)(O)C(F)(F)F)C1. The molecule has 2 N–H and O–H groups in total. The van der Waals surface area contributed by atoms with Crippen molar-refractivity contribution in [1.29, 1.82) is 0 Å². The van der Waals surface area contributed by atoms with Gasteiger partial charge in [-0.05, 0) is 44.9 Å². The van der Waals surface area contributed by atoms with Gasteiger partial charge in [-0.25, -0.2) is 0 Å². The fourth-order valence-corrected chi connectivity index (χ4v) is 2.84. The number of hydrogen-bond donors (Lipinski definition) is 2. The topological polar surface area (TPSA) is 49.7 Å². The van der Waals surface area contributed by atoms with Crippen LogP contribution in [-0.2, 0) is 4.74 Å². The predicted octanol–water partition coefficient (Wildman–Crippen LogP) is 3.04. The molecule has 22 heavy (non-hydrogen) atoms. The first-order valence-corrected chi connectivity index (χ1v) is 6.75. The molecule has 1 aliphatic rings. The lowest BCUT2D eigenvalue weighted by molar-refractivity contribution is -0.299. The maximum Gasteiger partial charge on any atom is 0.417 e. The molecule has 0 radical (unpaired) electrons. The lowest BCUT2D eigenvalue weighted by Gasteiger charge is -2.46. The van der Waals surface area contributed by atoms with Crippen LogP contribution in [0.25, 0.3) is 0 Å². The summed E-state index contributed by atoms with van der Waals surface area (Å²) in [4.78, 5) is 0. The second-order valence-corrected chi connectivity index (χ2v) is 6.25. The van der Waals surface area contributed by atoms with Gasteiger partial charge in [0.1, 0.15) is 0 Å². The number of methoxy groups -OCH3 is 1. The molecule has 1 aliphatic carbocycles. The van der Waals surface area contributed by atoms with Gasteiger partial charge in [0.2, 0.25) is 0 Å². The van der Waals surface area contributed by atoms with E-state index in [-0.39, 0.29) is 12.8 Å². The van der Waals surface area contributed by atoms with Crippen molar-refractivity contribution in [1.82, 2.24) is 0 Å². The summed E-state index contributed by atoms with van der Waals surface area (Å²) in [5, 5.41) is 19.5. The summed E-state index contributed by atoms with van der Waals surface area (Å²) in [6, 6.07) is 0. The van der Waals surface area contributed by atoms with E-state index in [0.717, 1.165) is 0 Å². The quantitative estimate of drug-likeness (QED) is 0.778. The van der Waals surface area contributed by atoms with E-state index in [0.29, 0.717) is 13.8 Å². The van der Waals surface area contributed by atoms with Crippen LogP contribution in [0.5, 0.6) is 0 Å². The summed E-state index contributed by atoms with van der Waals surface area (Å²) in [7, 11) is 1.18. The molecular weight excluding hydrogens is 318 g/mol. The second kappa shape index (κ2) is 5.83. The van der Waals surface area contributed by atoms with Crippen molar-refractivity contribution in [2.24, 2.45) is 11.8 Å². The fraction of sp³-hybridized carbons (Fsp3) is 1.00. The highest BCUT2D eigenvalue weighted by atomic mass is 19.4. The molecule has 4 unspecified atom stereocenters. The number of ether oxygens (including phenoxy) is 1. The molecule has 9 heteroatoms. The van der Waals surface area contributed by atoms with Crippen LogP contribution < -0.4 is 0 Å². The molecular formula is C13H20F6O3. The number of rotatable bonds is 3. The third-order valence-corrected chi connectivity index (χ3v) is 4.73. The van der Waals surface area contributed by atoms with Crippen LogP contribution in [0.4, 0.5) is 26.3 Å². The largest absolute Gasteiger partial charge is 0.417 e. The average Bonchev–Trinajstić information content (AvgIpc) is 2.35. The van der Waals surface area contributed by atoms with E-state index in [2.05, 4.69) is 0 Å². The lowest BCUT2D eigenvalue weighted by Crippen LogP contribution is -2.57. The second-order valence-electron chi connectivity index (χ2n) is 6.25. The minimum Gasteiger partial charge on any atom is -0.381 e. The fourth-order valence-electron chi connectivity index (χ4n) is 2.84. The van der Waals surface area contributed by atoms with Gasteiger partial charge in [0, 0.05) is 7.11 Å². The zero-order valence-electron chi connectivity index (χ0n) is 12.4. The summed E-state index contributed by atoms with van der Waals surface area (Å²) < 4.78 is 82.5. The third-order valence-electron chi connectivity index (χ3n) is 4.73. The van der Waals surface area contributed by atoms with Gasteiger partial charge in [-0.15, -0.1) is 0 Å². The maximum absolute atomic E-state index is 12.9. The Labute approximate surface area is 124 Å². The molecule has 0 bridgehead atoms. The Bertz CT molecular complexity index is 354. The Balaban J connectivity index is 3.10. The van der Waals surface area contributed by atoms with Crippen LogP contribution in [0.2, 0.25) is 0 Å². The van der Waals surface area contributed by atoms with E-state index >= 15 is 0 Å². The van der Waals surface area contributed by atoms with Crippen molar-refractivity contribution in [3.63, 3.8) is 0 Å². The van der Waals surface area contributed by atoms with Gasteiger partial charge in [0.25, 0.3) is 0 Å². The van der Waals surface area contributed by atoms with E-state index in [1.165, 1.54) is 7.11 Å². The van der Waals surface area contributed by atoms with E-state index < -0.39 is 47.9 Å². The minimum absolute atomic E-state index is 0.229. The smallest absolute Gasteiger partial charge is 0.381 e. The summed E-state index contributed by atoms with van der Waals surface area (Å²) in [6.07, 6.45) is -11.9. The van der Waals surface area contributed by atoms with Crippen molar-refractivity contribution in [3.05, 3.63) is 0 Å². The van der Waals surface area contributed by atoms with Crippen molar-refractivity contribution < 1.29 is 41.3 Å². The number of halogens is 6. The molecule has 0 spiro atoms. The van der Waals surface area contributed by atoms with Crippen LogP contribution in [0.3, 0.4) is 0 Å². The van der Waals surface area contributed by atoms with Crippen LogP contribution in [0, 0.1) is 11.8 Å². The number of alkyl halides is 6. The van der Waals surface area contributed by atoms with Gasteiger partial charge in [-0.1, -0.05) is 0 Å². The first-order valence-electron chi connectivity index (χ1n) is 6.75. The average molecular weight is 338 g/mol. The Morgan fingerprint density at radius 2 is 1.09 bits per heavy atom. The summed E-state index contributed by atoms with van der Waals surface area (Å²) in [6.45, 7) is 1.07. The molecule has 0 aromatic rings. The number of hydrogen-bond acceptors (Lipinski definition) is 3. The van der Waals surface area contributed by atoms with Gasteiger partial charge in [-0.3, -0.25) is 0 Å². The number of aliphatic hydroxyl groups is 2. The van der Waals surface area contributed by atoms with Gasteiger partial charge < -0.3 is 14.9 Å². The van der Waals surface area contributed by atoms with Gasteiger partial charge >= 0.3 is 12.4 Å². The molecule has 0 aliphatic heterocycles. The van der Waals surface area contributed by atoms with Gasteiger partial charge in [0.05, 0.1) is 6.10 Å². The van der Waals surface area contributed by atoms with Crippen molar-refractivity contribution >= 4 is 0 Å². The normalized spacial score (nSPS) is 33.1. The van der Waals surface area contributed by atoms with Crippen LogP contribution in [0.1, 0.15) is 33.1 Å². The van der Waals surface area contributed by atoms with Crippen molar-refractivity contribution in [2.75, 3.05) is 7.11 Å². The first-order chi connectivity index (χ1) is 9.64. The molecule has 0 aromatic heterocycles. The van der Waals surface area contributed by atoms with E-state index in [9.17, 15) is 36.6 Å². The third kappa shape index (κ3) is 3.51. The lowest BCUT2D eigenvalue weighted by atomic mass is 9.67. The summed E-state index contributed by atoms with van der Waals surface area (Å²) in [5.74, 6) is -2.99. The highest BCUT2D eigenvalue weighted by Gasteiger charge is 2.61. The standard InChI is InChI=1S/C13H20F6O3/c1-10(20,12(14,15)16)7-4-8(6-9(5-7)22-3)11(2,21)13(17,18)19/h7-9,20-21H,4-6H2,1-3H3. The molecule has 3 nitrogen and oxygen atoms in total. The molecule has 0 amide bonds. The highest BCUT2D eigenvalue weighted by molar-refractivity contribution is 5.00. The van der Waals surface area contributed by atoms with Gasteiger partial charge in [0.15, 0.2) is 11.2 Å².